The maximum Gasteiger partial charge on any atom is 0.270 e. The predicted molar refractivity (Wildman–Crippen MR) is 106 cm³/mol. The largest absolute Gasteiger partial charge is 0.504 e. The number of thioether (sulfide) groups is 1. The summed E-state index contributed by atoms with van der Waals surface area (Å²) in [5, 5.41) is 9.69. The number of anilines is 1. The van der Waals surface area contributed by atoms with E-state index in [9.17, 15) is 14.3 Å². The smallest absolute Gasteiger partial charge is 0.270 e. The summed E-state index contributed by atoms with van der Waals surface area (Å²) in [6.07, 6.45) is 1.66. The van der Waals surface area contributed by atoms with E-state index < -0.39 is 5.82 Å². The number of phenols is 1. The molecule has 2 aromatic carbocycles. The molecule has 1 N–H and O–H groups in total. The minimum atomic E-state index is -0.566. The first kappa shape index (κ1) is 18.7. The van der Waals surface area contributed by atoms with E-state index in [1.165, 1.54) is 29.2 Å². The average Bonchev–Trinajstić information content (AvgIpc) is 2.87. The summed E-state index contributed by atoms with van der Waals surface area (Å²) in [5.41, 5.74) is 1.09. The Balaban J connectivity index is 1.92. The maximum absolute atomic E-state index is 13.4. The number of carbonyl (C=O) groups is 1. The van der Waals surface area contributed by atoms with Gasteiger partial charge in [-0.15, -0.1) is 0 Å². The molecule has 0 aliphatic carbocycles. The molecular formula is C18H13ClFNO3S2. The summed E-state index contributed by atoms with van der Waals surface area (Å²) in [7, 11) is 0. The van der Waals surface area contributed by atoms with E-state index >= 15 is 0 Å². The standard InChI is InChI=1S/C18H13ClFNO3S2/c1-2-24-15-7-10(3-6-14(15)22)8-16-17(23)21(18(25)26-16)11-4-5-13(20)12(19)9-11/h3-9,22H,2H2,1H3/b16-8+. The zero-order valence-corrected chi connectivity index (χ0v) is 15.9. The van der Waals surface area contributed by atoms with Crippen molar-refractivity contribution in [2.45, 2.75) is 6.92 Å². The topological polar surface area (TPSA) is 49.8 Å². The second kappa shape index (κ2) is 7.65. The lowest BCUT2D eigenvalue weighted by Crippen LogP contribution is -2.27. The van der Waals surface area contributed by atoms with Crippen LogP contribution >= 0.6 is 35.6 Å². The molecule has 0 unspecified atom stereocenters. The summed E-state index contributed by atoms with van der Waals surface area (Å²) in [5.74, 6) is -0.530. The van der Waals surface area contributed by atoms with Crippen LogP contribution in [-0.4, -0.2) is 21.9 Å². The SMILES string of the molecule is CCOc1cc(/C=C2/SC(=S)N(c3ccc(F)c(Cl)c3)C2=O)ccc1O. The third-order valence-corrected chi connectivity index (χ3v) is 5.13. The molecule has 1 fully saturated rings. The van der Waals surface area contributed by atoms with Gasteiger partial charge in [-0.3, -0.25) is 9.69 Å². The van der Waals surface area contributed by atoms with Gasteiger partial charge in [0.25, 0.3) is 5.91 Å². The van der Waals surface area contributed by atoms with E-state index in [0.717, 1.165) is 11.8 Å². The molecule has 0 aromatic heterocycles. The van der Waals surface area contributed by atoms with Crippen molar-refractivity contribution in [1.29, 1.82) is 0 Å². The molecule has 0 atom stereocenters. The van der Waals surface area contributed by atoms with Crippen molar-refractivity contribution in [1.82, 2.24) is 0 Å². The highest BCUT2D eigenvalue weighted by Crippen LogP contribution is 2.38. The number of thiocarbonyl (C=S) groups is 1. The molecule has 0 spiro atoms. The van der Waals surface area contributed by atoms with Crippen molar-refractivity contribution in [2.75, 3.05) is 11.5 Å². The quantitative estimate of drug-likeness (QED) is 0.569. The van der Waals surface area contributed by atoms with Crippen LogP contribution in [-0.2, 0) is 4.79 Å². The highest BCUT2D eigenvalue weighted by molar-refractivity contribution is 8.27. The molecule has 0 bridgehead atoms. The highest BCUT2D eigenvalue weighted by atomic mass is 35.5. The fourth-order valence-corrected chi connectivity index (χ4v) is 3.83. The number of phenolic OH excluding ortho intramolecular Hbond substituents is 1. The van der Waals surface area contributed by atoms with Crippen molar-refractivity contribution in [3.05, 3.63) is 57.7 Å². The Hall–Kier alpha value is -2.09. The van der Waals surface area contributed by atoms with E-state index in [-0.39, 0.29) is 16.7 Å². The van der Waals surface area contributed by atoms with Gasteiger partial charge in [-0.1, -0.05) is 41.6 Å². The Morgan fingerprint density at radius 2 is 2.12 bits per heavy atom. The van der Waals surface area contributed by atoms with E-state index in [4.69, 9.17) is 28.6 Å². The molecule has 26 heavy (non-hydrogen) atoms. The molecule has 1 amide bonds. The Morgan fingerprint density at radius 3 is 2.81 bits per heavy atom. The van der Waals surface area contributed by atoms with Crippen LogP contribution in [0.3, 0.4) is 0 Å². The van der Waals surface area contributed by atoms with E-state index in [2.05, 4.69) is 0 Å². The number of benzene rings is 2. The van der Waals surface area contributed by atoms with Crippen LogP contribution in [0.2, 0.25) is 5.02 Å². The number of hydrogen-bond acceptors (Lipinski definition) is 5. The lowest BCUT2D eigenvalue weighted by atomic mass is 10.2. The normalized spacial score (nSPS) is 15.8. The van der Waals surface area contributed by atoms with Crippen LogP contribution in [0.5, 0.6) is 11.5 Å². The van der Waals surface area contributed by atoms with Crippen molar-refractivity contribution in [3.63, 3.8) is 0 Å². The third-order valence-electron chi connectivity index (χ3n) is 3.54. The number of rotatable bonds is 4. The Morgan fingerprint density at radius 1 is 1.35 bits per heavy atom. The second-order valence-corrected chi connectivity index (χ2v) is 7.36. The zero-order chi connectivity index (χ0) is 18.8. The summed E-state index contributed by atoms with van der Waals surface area (Å²) in [4.78, 5) is 14.4. The maximum atomic E-state index is 13.4. The molecule has 4 nitrogen and oxygen atoms in total. The third kappa shape index (κ3) is 3.70. The van der Waals surface area contributed by atoms with Gasteiger partial charge in [-0.05, 0) is 48.9 Å². The number of halogens is 2. The summed E-state index contributed by atoms with van der Waals surface area (Å²) < 4.78 is 19.0. The van der Waals surface area contributed by atoms with Gasteiger partial charge in [0.2, 0.25) is 0 Å². The Labute approximate surface area is 164 Å². The second-order valence-electron chi connectivity index (χ2n) is 5.28. The first-order valence-electron chi connectivity index (χ1n) is 7.59. The van der Waals surface area contributed by atoms with Crippen LogP contribution in [0.4, 0.5) is 10.1 Å². The van der Waals surface area contributed by atoms with Gasteiger partial charge in [0, 0.05) is 0 Å². The van der Waals surface area contributed by atoms with Gasteiger partial charge < -0.3 is 9.84 Å². The van der Waals surface area contributed by atoms with Gasteiger partial charge in [0.1, 0.15) is 5.82 Å². The molecule has 1 saturated heterocycles. The van der Waals surface area contributed by atoms with Crippen molar-refractivity contribution < 1.29 is 19.0 Å². The molecule has 2 aromatic rings. The van der Waals surface area contributed by atoms with E-state index in [1.54, 1.807) is 18.2 Å². The first-order chi connectivity index (χ1) is 12.4. The monoisotopic (exact) mass is 409 g/mol. The summed E-state index contributed by atoms with van der Waals surface area (Å²) in [6.45, 7) is 2.22. The van der Waals surface area contributed by atoms with Crippen LogP contribution in [0.15, 0.2) is 41.3 Å². The molecule has 8 heteroatoms. The highest BCUT2D eigenvalue weighted by Gasteiger charge is 2.33. The zero-order valence-electron chi connectivity index (χ0n) is 13.5. The fraction of sp³-hybridized carbons (Fsp3) is 0.111. The number of carbonyl (C=O) groups excluding carboxylic acids is 1. The van der Waals surface area contributed by atoms with Gasteiger partial charge in [0.05, 0.1) is 22.2 Å². The van der Waals surface area contributed by atoms with Crippen LogP contribution in [0.1, 0.15) is 12.5 Å². The number of nitrogens with zero attached hydrogens (tertiary/aromatic N) is 1. The summed E-state index contributed by atoms with van der Waals surface area (Å²) >= 11 is 12.2. The molecule has 1 heterocycles. The van der Waals surface area contributed by atoms with E-state index in [1.807, 2.05) is 6.92 Å². The molecular weight excluding hydrogens is 397 g/mol. The van der Waals surface area contributed by atoms with Gasteiger partial charge in [0.15, 0.2) is 15.8 Å². The molecule has 1 aliphatic rings. The van der Waals surface area contributed by atoms with Crippen LogP contribution < -0.4 is 9.64 Å². The molecule has 0 radical (unpaired) electrons. The lowest BCUT2D eigenvalue weighted by Gasteiger charge is -2.14. The molecule has 134 valence electrons. The first-order valence-corrected chi connectivity index (χ1v) is 9.19. The number of aromatic hydroxyl groups is 1. The number of hydrogen-bond donors (Lipinski definition) is 1. The van der Waals surface area contributed by atoms with Gasteiger partial charge >= 0.3 is 0 Å². The van der Waals surface area contributed by atoms with Crippen LogP contribution in [0.25, 0.3) is 6.08 Å². The van der Waals surface area contributed by atoms with Crippen LogP contribution in [0, 0.1) is 5.82 Å². The Bertz CT molecular complexity index is 933. The van der Waals surface area contributed by atoms with Gasteiger partial charge in [-0.25, -0.2) is 4.39 Å². The van der Waals surface area contributed by atoms with Crippen molar-refractivity contribution in [3.8, 4) is 11.5 Å². The summed E-state index contributed by atoms with van der Waals surface area (Å²) in [6, 6.07) is 8.80. The van der Waals surface area contributed by atoms with Crippen molar-refractivity contribution in [2.24, 2.45) is 0 Å². The predicted octanol–water partition coefficient (Wildman–Crippen LogP) is 4.99. The number of ether oxygens (including phenoxy) is 1. The Kier molecular flexibility index (Phi) is 5.50. The molecule has 1 aliphatic heterocycles. The van der Waals surface area contributed by atoms with Crippen molar-refractivity contribution >= 4 is 57.6 Å². The average molecular weight is 410 g/mol. The number of amides is 1. The molecule has 0 saturated carbocycles. The lowest BCUT2D eigenvalue weighted by molar-refractivity contribution is -0.113. The molecule has 3 rings (SSSR count). The minimum Gasteiger partial charge on any atom is -0.504 e. The minimum absolute atomic E-state index is 0.0255. The fourth-order valence-electron chi connectivity index (χ4n) is 2.36. The van der Waals surface area contributed by atoms with E-state index in [0.29, 0.717) is 32.8 Å². The van der Waals surface area contributed by atoms with Gasteiger partial charge in [-0.2, -0.15) is 0 Å².